The number of halogens is 1. The highest BCUT2D eigenvalue weighted by atomic mass is 127. The van der Waals surface area contributed by atoms with Gasteiger partial charge in [0.25, 0.3) is 0 Å². The summed E-state index contributed by atoms with van der Waals surface area (Å²) in [5, 5.41) is 0. The average Bonchev–Trinajstić information content (AvgIpc) is 2.12. The molecule has 0 aromatic heterocycles. The molecule has 0 N–H and O–H groups in total. The van der Waals surface area contributed by atoms with Crippen LogP contribution >= 0.6 is 22.6 Å². The fourth-order valence-electron chi connectivity index (χ4n) is 0.545. The fourth-order valence-corrected chi connectivity index (χ4v) is 0.701. The van der Waals surface area contributed by atoms with Crippen LogP contribution in [0.2, 0.25) is 0 Å². The van der Waals surface area contributed by atoms with Crippen LogP contribution in [-0.2, 0) is 19.1 Å². The molecular weight excluding hydrogens is 299 g/mol. The van der Waals surface area contributed by atoms with Crippen LogP contribution in [0.15, 0.2) is 22.8 Å². The summed E-state index contributed by atoms with van der Waals surface area (Å²) in [6, 6.07) is 0. The summed E-state index contributed by atoms with van der Waals surface area (Å²) in [5.41, 5.74) is 0. The second-order valence-electron chi connectivity index (χ2n) is 2.25. The van der Waals surface area contributed by atoms with E-state index in [0.717, 1.165) is 0 Å². The molecule has 78 valence electrons. The Morgan fingerprint density at radius 2 is 1.86 bits per heavy atom. The van der Waals surface area contributed by atoms with Crippen molar-refractivity contribution in [2.45, 2.75) is 6.42 Å². The molecule has 0 aromatic rings. The van der Waals surface area contributed by atoms with Crippen LogP contribution in [0.4, 0.5) is 0 Å². The molecule has 0 atom stereocenters. The summed E-state index contributed by atoms with van der Waals surface area (Å²) in [6.07, 6.45) is 1.61. The topological polar surface area (TPSA) is 52.6 Å². The van der Waals surface area contributed by atoms with E-state index in [9.17, 15) is 9.59 Å². The highest BCUT2D eigenvalue weighted by Crippen LogP contribution is 2.03. The van der Waals surface area contributed by atoms with Gasteiger partial charge in [0.2, 0.25) is 0 Å². The third-order valence-electron chi connectivity index (χ3n) is 1.11. The van der Waals surface area contributed by atoms with Gasteiger partial charge in [-0.1, -0.05) is 12.7 Å². The van der Waals surface area contributed by atoms with Crippen LogP contribution in [0.1, 0.15) is 6.42 Å². The number of ether oxygens (including phenoxy) is 2. The van der Waals surface area contributed by atoms with Crippen LogP contribution in [0.25, 0.3) is 0 Å². The van der Waals surface area contributed by atoms with Crippen LogP contribution in [0.3, 0.4) is 0 Å². The van der Waals surface area contributed by atoms with Crippen molar-refractivity contribution in [2.24, 2.45) is 0 Å². The summed E-state index contributed by atoms with van der Waals surface area (Å²) in [5.74, 6) is -0.880. The molecule has 4 nitrogen and oxygen atoms in total. The Kier molecular flexibility index (Phi) is 7.09. The number of hydrogen-bond acceptors (Lipinski definition) is 4. The van der Waals surface area contributed by atoms with Crippen LogP contribution in [-0.4, -0.2) is 25.2 Å². The van der Waals surface area contributed by atoms with Gasteiger partial charge in [-0.15, -0.1) is 6.58 Å². The van der Waals surface area contributed by atoms with Crippen molar-refractivity contribution >= 4 is 34.5 Å². The summed E-state index contributed by atoms with van der Waals surface area (Å²) in [4.78, 5) is 21.6. The lowest BCUT2D eigenvalue weighted by Gasteiger charge is -2.04. The highest BCUT2D eigenvalue weighted by molar-refractivity contribution is 14.1. The van der Waals surface area contributed by atoms with Crippen molar-refractivity contribution in [3.05, 3.63) is 22.8 Å². The second-order valence-corrected chi connectivity index (χ2v) is 3.56. The highest BCUT2D eigenvalue weighted by Gasteiger charge is 2.04. The predicted octanol–water partition coefficient (Wildman–Crippen LogP) is 1.60. The van der Waals surface area contributed by atoms with Gasteiger partial charge in [-0.3, -0.25) is 4.79 Å². The second kappa shape index (κ2) is 7.54. The van der Waals surface area contributed by atoms with Crippen LogP contribution < -0.4 is 0 Å². The summed E-state index contributed by atoms with van der Waals surface area (Å²) in [6.45, 7) is 6.87. The number of hydrogen-bond donors (Lipinski definition) is 0. The quantitative estimate of drug-likeness (QED) is 0.246. The van der Waals surface area contributed by atoms with E-state index in [1.165, 1.54) is 6.08 Å². The SMILES string of the molecule is C=CCC(=O)OCCOC(=O)C(=C)I. The molecule has 0 radical (unpaired) electrons. The zero-order chi connectivity index (χ0) is 11.0. The summed E-state index contributed by atoms with van der Waals surface area (Å²) >= 11 is 1.76. The predicted molar refractivity (Wildman–Crippen MR) is 59.9 cm³/mol. The molecule has 0 unspecified atom stereocenters. The van der Waals surface area contributed by atoms with Crippen molar-refractivity contribution < 1.29 is 19.1 Å². The lowest BCUT2D eigenvalue weighted by molar-refractivity contribution is -0.149. The third kappa shape index (κ3) is 6.64. The molecule has 0 aliphatic rings. The molecule has 0 fully saturated rings. The number of carbonyl (C=O) groups excluding carboxylic acids is 2. The zero-order valence-corrected chi connectivity index (χ0v) is 9.78. The molecule has 0 bridgehead atoms. The van der Waals surface area contributed by atoms with Gasteiger partial charge in [0, 0.05) is 0 Å². The Morgan fingerprint density at radius 3 is 2.36 bits per heavy atom. The van der Waals surface area contributed by atoms with Crippen molar-refractivity contribution in [1.82, 2.24) is 0 Å². The molecule has 0 aliphatic heterocycles. The van der Waals surface area contributed by atoms with Gasteiger partial charge in [-0.05, 0) is 22.6 Å². The Hall–Kier alpha value is -0.850. The maximum atomic E-state index is 10.8. The van der Waals surface area contributed by atoms with Crippen LogP contribution in [0, 0.1) is 0 Å². The first kappa shape index (κ1) is 13.2. The largest absolute Gasteiger partial charge is 0.462 e. The lowest BCUT2D eigenvalue weighted by Crippen LogP contribution is -2.13. The average molecular weight is 310 g/mol. The van der Waals surface area contributed by atoms with Gasteiger partial charge < -0.3 is 9.47 Å². The Morgan fingerprint density at radius 1 is 1.29 bits per heavy atom. The van der Waals surface area contributed by atoms with Gasteiger partial charge in [-0.2, -0.15) is 0 Å². The minimum atomic E-state index is -0.495. The smallest absolute Gasteiger partial charge is 0.343 e. The van der Waals surface area contributed by atoms with Gasteiger partial charge >= 0.3 is 11.9 Å². The van der Waals surface area contributed by atoms with Gasteiger partial charge in [0.15, 0.2) is 0 Å². The maximum absolute atomic E-state index is 10.8. The molecule has 0 rings (SSSR count). The van der Waals surface area contributed by atoms with E-state index < -0.39 is 5.97 Å². The van der Waals surface area contributed by atoms with Crippen molar-refractivity contribution in [1.29, 1.82) is 0 Å². The Labute approximate surface area is 96.1 Å². The molecule has 0 spiro atoms. The first-order valence-corrected chi connectivity index (χ1v) is 4.94. The maximum Gasteiger partial charge on any atom is 0.343 e. The van der Waals surface area contributed by atoms with Gasteiger partial charge in [0.05, 0.1) is 10.0 Å². The number of esters is 2. The molecule has 0 saturated heterocycles. The van der Waals surface area contributed by atoms with Crippen molar-refractivity contribution in [3.63, 3.8) is 0 Å². The molecule has 0 heterocycles. The third-order valence-corrected chi connectivity index (χ3v) is 1.55. The first-order chi connectivity index (χ1) is 6.57. The molecule has 0 aliphatic carbocycles. The lowest BCUT2D eigenvalue weighted by atomic mass is 10.4. The summed E-state index contributed by atoms with van der Waals surface area (Å²) in [7, 11) is 0. The molecule has 0 saturated carbocycles. The van der Waals surface area contributed by atoms with E-state index in [1.54, 1.807) is 22.6 Å². The molecule has 0 amide bonds. The number of carbonyl (C=O) groups is 2. The van der Waals surface area contributed by atoms with Crippen molar-refractivity contribution in [3.8, 4) is 0 Å². The van der Waals surface area contributed by atoms with E-state index in [2.05, 4.69) is 17.9 Å². The number of rotatable bonds is 6. The Bertz CT molecular complexity index is 247. The fraction of sp³-hybridized carbons (Fsp3) is 0.333. The van der Waals surface area contributed by atoms with Gasteiger partial charge in [-0.25, -0.2) is 4.79 Å². The van der Waals surface area contributed by atoms with E-state index >= 15 is 0 Å². The molecule has 0 aromatic carbocycles. The van der Waals surface area contributed by atoms with E-state index in [-0.39, 0.29) is 25.6 Å². The van der Waals surface area contributed by atoms with E-state index in [0.29, 0.717) is 3.58 Å². The van der Waals surface area contributed by atoms with E-state index in [1.807, 2.05) is 0 Å². The minimum absolute atomic E-state index is 0.0454. The minimum Gasteiger partial charge on any atom is -0.462 e. The van der Waals surface area contributed by atoms with Gasteiger partial charge in [0.1, 0.15) is 13.2 Å². The van der Waals surface area contributed by atoms with Crippen LogP contribution in [0.5, 0.6) is 0 Å². The zero-order valence-electron chi connectivity index (χ0n) is 7.62. The summed E-state index contributed by atoms with van der Waals surface area (Å²) < 4.78 is 9.67. The standard InChI is InChI=1S/C9H11IO4/c1-3-4-8(11)13-5-6-14-9(12)7(2)10/h3H,1-2,4-6H2. The molecular formula is C9H11IO4. The monoisotopic (exact) mass is 310 g/mol. The Balaban J connectivity index is 3.47. The molecule has 5 heteroatoms. The van der Waals surface area contributed by atoms with Crippen molar-refractivity contribution in [2.75, 3.05) is 13.2 Å². The normalized spacial score (nSPS) is 8.93. The molecule has 14 heavy (non-hydrogen) atoms. The van der Waals surface area contributed by atoms with E-state index in [4.69, 9.17) is 4.74 Å². The first-order valence-electron chi connectivity index (χ1n) is 3.86.